The number of para-hydroxylation sites is 1. The van der Waals surface area contributed by atoms with Crippen molar-refractivity contribution >= 4 is 29.2 Å². The highest BCUT2D eigenvalue weighted by Crippen LogP contribution is 2.40. The first-order valence-electron chi connectivity index (χ1n) is 8.81. The van der Waals surface area contributed by atoms with Crippen LogP contribution in [0.3, 0.4) is 0 Å². The van der Waals surface area contributed by atoms with Gasteiger partial charge < -0.3 is 15.4 Å². The maximum absolute atomic E-state index is 13.1. The SMILES string of the molecule is O=C(CN1C(=O)N[C@]2(CCOc3ccccc32)C1=O)Nc1cccc([N+](=O)[O-])c1. The van der Waals surface area contributed by atoms with Crippen molar-refractivity contribution < 1.29 is 24.0 Å². The van der Waals surface area contributed by atoms with Crippen LogP contribution in [0, 0.1) is 10.1 Å². The highest BCUT2D eigenvalue weighted by atomic mass is 16.6. The number of nitro benzene ring substituents is 1. The summed E-state index contributed by atoms with van der Waals surface area (Å²) in [5.74, 6) is -0.672. The Morgan fingerprint density at radius 1 is 1.24 bits per heavy atom. The minimum atomic E-state index is -1.27. The average molecular weight is 396 g/mol. The number of carbonyl (C=O) groups is 3. The number of fused-ring (bicyclic) bond motifs is 2. The van der Waals surface area contributed by atoms with E-state index in [1.165, 1.54) is 24.3 Å². The monoisotopic (exact) mass is 396 g/mol. The van der Waals surface area contributed by atoms with Gasteiger partial charge in [0.2, 0.25) is 5.91 Å². The molecule has 1 saturated heterocycles. The number of benzene rings is 2. The van der Waals surface area contributed by atoms with Gasteiger partial charge in [-0.05, 0) is 12.1 Å². The Bertz CT molecular complexity index is 1040. The smallest absolute Gasteiger partial charge is 0.325 e. The number of hydrogen-bond donors (Lipinski definition) is 2. The summed E-state index contributed by atoms with van der Waals surface area (Å²) in [7, 11) is 0. The fraction of sp³-hybridized carbons (Fsp3) is 0.211. The highest BCUT2D eigenvalue weighted by Gasteiger charge is 2.55. The number of carbonyl (C=O) groups excluding carboxylic acids is 3. The van der Waals surface area contributed by atoms with Crippen molar-refractivity contribution in [3.05, 3.63) is 64.2 Å². The Hall–Kier alpha value is -3.95. The number of imide groups is 1. The molecular formula is C19H16N4O6. The number of urea groups is 1. The van der Waals surface area contributed by atoms with Gasteiger partial charge in [-0.15, -0.1) is 0 Å². The number of rotatable bonds is 4. The molecule has 2 heterocycles. The van der Waals surface area contributed by atoms with Crippen molar-refractivity contribution in [2.45, 2.75) is 12.0 Å². The van der Waals surface area contributed by atoms with E-state index < -0.39 is 34.9 Å². The van der Waals surface area contributed by atoms with Crippen molar-refractivity contribution in [3.63, 3.8) is 0 Å². The van der Waals surface area contributed by atoms with Crippen LogP contribution in [-0.2, 0) is 15.1 Å². The first-order valence-corrected chi connectivity index (χ1v) is 8.81. The van der Waals surface area contributed by atoms with Crippen LogP contribution < -0.4 is 15.4 Å². The quantitative estimate of drug-likeness (QED) is 0.460. The number of hydrogen-bond acceptors (Lipinski definition) is 6. The Morgan fingerprint density at radius 3 is 2.83 bits per heavy atom. The predicted octanol–water partition coefficient (Wildman–Crippen LogP) is 1.76. The molecule has 148 valence electrons. The van der Waals surface area contributed by atoms with Gasteiger partial charge in [-0.1, -0.05) is 24.3 Å². The topological polar surface area (TPSA) is 131 Å². The molecule has 4 rings (SSSR count). The Balaban J connectivity index is 1.53. The van der Waals surface area contributed by atoms with Gasteiger partial charge in [0.05, 0.1) is 11.5 Å². The van der Waals surface area contributed by atoms with E-state index in [4.69, 9.17) is 4.74 Å². The van der Waals surface area contributed by atoms with Gasteiger partial charge >= 0.3 is 6.03 Å². The highest BCUT2D eigenvalue weighted by molar-refractivity contribution is 6.10. The third kappa shape index (κ3) is 3.14. The van der Waals surface area contributed by atoms with E-state index in [0.29, 0.717) is 11.3 Å². The molecular weight excluding hydrogens is 380 g/mol. The summed E-state index contributed by atoms with van der Waals surface area (Å²) < 4.78 is 5.56. The molecule has 1 atom stereocenters. The maximum atomic E-state index is 13.1. The zero-order valence-electron chi connectivity index (χ0n) is 15.1. The molecule has 2 aromatic carbocycles. The normalized spacial score (nSPS) is 20.1. The van der Waals surface area contributed by atoms with Gasteiger partial charge in [0.25, 0.3) is 11.6 Å². The summed E-state index contributed by atoms with van der Waals surface area (Å²) in [6.45, 7) is -0.269. The van der Waals surface area contributed by atoms with Crippen LogP contribution in [0.2, 0.25) is 0 Å². The predicted molar refractivity (Wildman–Crippen MR) is 100 cm³/mol. The number of amides is 4. The van der Waals surface area contributed by atoms with Crippen LogP contribution in [0.4, 0.5) is 16.2 Å². The largest absolute Gasteiger partial charge is 0.493 e. The van der Waals surface area contributed by atoms with Crippen LogP contribution >= 0.6 is 0 Å². The fourth-order valence-electron chi connectivity index (χ4n) is 3.56. The molecule has 0 aliphatic carbocycles. The molecule has 0 bridgehead atoms. The molecule has 29 heavy (non-hydrogen) atoms. The van der Waals surface area contributed by atoms with Crippen LogP contribution in [0.15, 0.2) is 48.5 Å². The molecule has 0 saturated carbocycles. The molecule has 2 aliphatic heterocycles. The third-order valence-corrected chi connectivity index (χ3v) is 4.90. The molecule has 2 aromatic rings. The van der Waals surface area contributed by atoms with Gasteiger partial charge in [-0.3, -0.25) is 24.6 Å². The molecule has 0 aromatic heterocycles. The van der Waals surface area contributed by atoms with Crippen molar-refractivity contribution in [1.82, 2.24) is 10.2 Å². The second-order valence-electron chi connectivity index (χ2n) is 6.68. The lowest BCUT2D eigenvalue weighted by Gasteiger charge is -2.33. The standard InChI is InChI=1S/C19H16N4O6/c24-16(20-12-4-3-5-13(10-12)23(27)28)11-22-17(25)19(21-18(22)26)8-9-29-15-7-2-1-6-14(15)19/h1-7,10H,8-9,11H2,(H,20,24)(H,21,26)/t19-/m0/s1. The summed E-state index contributed by atoms with van der Waals surface area (Å²) in [5, 5.41) is 16.0. The van der Waals surface area contributed by atoms with E-state index in [-0.39, 0.29) is 24.4 Å². The van der Waals surface area contributed by atoms with E-state index in [0.717, 1.165) is 4.90 Å². The molecule has 2 N–H and O–H groups in total. The van der Waals surface area contributed by atoms with Crippen LogP contribution in [0.1, 0.15) is 12.0 Å². The lowest BCUT2D eigenvalue weighted by atomic mass is 9.84. The molecule has 10 nitrogen and oxygen atoms in total. The fourth-order valence-corrected chi connectivity index (χ4v) is 3.56. The summed E-state index contributed by atoms with van der Waals surface area (Å²) in [6.07, 6.45) is 0.248. The van der Waals surface area contributed by atoms with E-state index in [9.17, 15) is 24.5 Å². The number of nitro groups is 1. The first kappa shape index (κ1) is 18.4. The zero-order chi connectivity index (χ0) is 20.6. The van der Waals surface area contributed by atoms with Crippen molar-refractivity contribution in [1.29, 1.82) is 0 Å². The Morgan fingerprint density at radius 2 is 2.03 bits per heavy atom. The zero-order valence-corrected chi connectivity index (χ0v) is 15.1. The minimum absolute atomic E-state index is 0.185. The molecule has 2 aliphatic rings. The summed E-state index contributed by atoms with van der Waals surface area (Å²) in [4.78, 5) is 49.1. The van der Waals surface area contributed by atoms with E-state index in [1.807, 2.05) is 0 Å². The molecule has 4 amide bonds. The second-order valence-corrected chi connectivity index (χ2v) is 6.68. The summed E-state index contributed by atoms with van der Waals surface area (Å²) in [5.41, 5.74) is -0.707. The minimum Gasteiger partial charge on any atom is -0.493 e. The van der Waals surface area contributed by atoms with Crippen molar-refractivity contribution in [2.24, 2.45) is 0 Å². The average Bonchev–Trinajstić information content (AvgIpc) is 2.93. The molecule has 0 unspecified atom stereocenters. The van der Waals surface area contributed by atoms with Gasteiger partial charge in [0.15, 0.2) is 5.54 Å². The lowest BCUT2D eigenvalue weighted by molar-refractivity contribution is -0.384. The van der Waals surface area contributed by atoms with Crippen LogP contribution in [-0.4, -0.2) is 40.8 Å². The summed E-state index contributed by atoms with van der Waals surface area (Å²) >= 11 is 0. The number of nitrogens with zero attached hydrogens (tertiary/aromatic N) is 2. The van der Waals surface area contributed by atoms with Gasteiger partial charge in [0, 0.05) is 29.8 Å². The lowest BCUT2D eigenvalue weighted by Crippen LogP contribution is -2.48. The van der Waals surface area contributed by atoms with Crippen molar-refractivity contribution in [3.8, 4) is 5.75 Å². The van der Waals surface area contributed by atoms with Gasteiger partial charge in [0.1, 0.15) is 12.3 Å². The van der Waals surface area contributed by atoms with Crippen molar-refractivity contribution in [2.75, 3.05) is 18.5 Å². The number of nitrogens with one attached hydrogen (secondary N) is 2. The van der Waals surface area contributed by atoms with Gasteiger partial charge in [-0.25, -0.2) is 4.79 Å². The van der Waals surface area contributed by atoms with Gasteiger partial charge in [-0.2, -0.15) is 0 Å². The first-order chi connectivity index (χ1) is 13.9. The van der Waals surface area contributed by atoms with Crippen LogP contribution in [0.25, 0.3) is 0 Å². The molecule has 1 fully saturated rings. The Labute approximate surface area is 164 Å². The molecule has 0 radical (unpaired) electrons. The van der Waals surface area contributed by atoms with Crippen LogP contribution in [0.5, 0.6) is 5.75 Å². The Kier molecular flexibility index (Phi) is 4.38. The van der Waals surface area contributed by atoms with E-state index >= 15 is 0 Å². The third-order valence-electron chi connectivity index (χ3n) is 4.90. The number of non-ortho nitro benzene ring substituents is 1. The summed E-state index contributed by atoms with van der Waals surface area (Å²) in [6, 6.07) is 11.6. The number of ether oxygens (including phenoxy) is 1. The van der Waals surface area contributed by atoms with E-state index in [2.05, 4.69) is 10.6 Å². The number of anilines is 1. The molecule has 1 spiro atoms. The maximum Gasteiger partial charge on any atom is 0.325 e. The van der Waals surface area contributed by atoms with E-state index in [1.54, 1.807) is 24.3 Å². The molecule has 10 heteroatoms. The second kappa shape index (κ2) is 6.89.